The molecule has 144 valence electrons. The number of allylic oxidation sites excluding steroid dienone is 2. The minimum absolute atomic E-state index is 0.0691. The van der Waals surface area contributed by atoms with Crippen LogP contribution in [0.4, 0.5) is 0 Å². The number of hydrogen-bond acceptors (Lipinski definition) is 2. The smallest absolute Gasteiger partial charge is 0.192 e. The molecule has 0 amide bonds. The Balaban J connectivity index is 2.88. The van der Waals surface area contributed by atoms with E-state index >= 15 is 0 Å². The number of thiophene rings is 1. The van der Waals surface area contributed by atoms with Crippen LogP contribution in [-0.4, -0.2) is 13.9 Å². The first-order valence-corrected chi connectivity index (χ1v) is 14.3. The quantitative estimate of drug-likeness (QED) is 0.292. The highest BCUT2D eigenvalue weighted by molar-refractivity contribution is 9.10. The average molecular weight is 446 g/mol. The van der Waals surface area contributed by atoms with E-state index in [1.165, 1.54) is 33.1 Å². The van der Waals surface area contributed by atoms with Gasteiger partial charge in [0, 0.05) is 14.7 Å². The van der Waals surface area contributed by atoms with Gasteiger partial charge in [0.15, 0.2) is 8.32 Å². The Kier molecular flexibility index (Phi) is 10.2. The monoisotopic (exact) mass is 444 g/mol. The fourth-order valence-electron chi connectivity index (χ4n) is 3.63. The molecule has 25 heavy (non-hydrogen) atoms. The molecule has 0 aliphatic heterocycles. The summed E-state index contributed by atoms with van der Waals surface area (Å²) in [5.74, 6) is 0. The topological polar surface area (TPSA) is 9.23 Å². The molecular weight excluding hydrogens is 408 g/mol. The van der Waals surface area contributed by atoms with Crippen LogP contribution >= 0.6 is 27.3 Å². The summed E-state index contributed by atoms with van der Waals surface area (Å²) >= 11 is 5.41. The van der Waals surface area contributed by atoms with E-state index in [0.717, 1.165) is 32.1 Å². The molecule has 0 bridgehead atoms. The maximum Gasteiger partial charge on any atom is 0.192 e. The molecule has 1 heterocycles. The van der Waals surface area contributed by atoms with Gasteiger partial charge in [-0.1, -0.05) is 47.6 Å². The molecule has 0 spiro atoms. The van der Waals surface area contributed by atoms with E-state index in [1.54, 1.807) is 0 Å². The largest absolute Gasteiger partial charge is 0.411 e. The third-order valence-corrected chi connectivity index (χ3v) is 12.4. The summed E-state index contributed by atoms with van der Waals surface area (Å²) < 4.78 is 8.19. The third-order valence-electron chi connectivity index (χ3n) is 5.91. The lowest BCUT2D eigenvalue weighted by Crippen LogP contribution is -2.46. The molecule has 1 nitrogen and oxygen atoms in total. The zero-order valence-corrected chi connectivity index (χ0v) is 20.5. The summed E-state index contributed by atoms with van der Waals surface area (Å²) in [7, 11) is -1.57. The molecule has 4 heteroatoms. The van der Waals surface area contributed by atoms with Crippen LogP contribution in [0.2, 0.25) is 18.1 Å². The van der Waals surface area contributed by atoms with Crippen molar-refractivity contribution in [2.75, 3.05) is 0 Å². The molecule has 0 aliphatic carbocycles. The van der Waals surface area contributed by atoms with Crippen molar-refractivity contribution < 1.29 is 4.43 Å². The molecule has 0 saturated heterocycles. The van der Waals surface area contributed by atoms with Crippen LogP contribution in [0, 0.1) is 0 Å². The lowest BCUT2D eigenvalue weighted by atomic mass is 9.91. The molecule has 1 aromatic rings. The van der Waals surface area contributed by atoms with Crippen molar-refractivity contribution in [3.63, 3.8) is 0 Å². The number of hydrogen-bond donors (Lipinski definition) is 0. The van der Waals surface area contributed by atoms with Gasteiger partial charge in [-0.15, -0.1) is 11.3 Å². The average Bonchev–Trinajstić information content (AvgIpc) is 3.08. The molecule has 0 aliphatic rings. The van der Waals surface area contributed by atoms with Crippen molar-refractivity contribution in [2.45, 2.75) is 97.4 Å². The third kappa shape index (κ3) is 6.33. The van der Waals surface area contributed by atoms with Gasteiger partial charge in [0.05, 0.1) is 5.60 Å². The van der Waals surface area contributed by atoms with Gasteiger partial charge < -0.3 is 4.43 Å². The molecule has 0 N–H and O–H groups in total. The van der Waals surface area contributed by atoms with Crippen LogP contribution in [0.3, 0.4) is 0 Å². The highest BCUT2D eigenvalue weighted by Crippen LogP contribution is 2.36. The summed E-state index contributed by atoms with van der Waals surface area (Å²) in [4.78, 5) is 1.40. The molecule has 0 saturated carbocycles. The standard InChI is InChI=1S/C21H37BrOSSi/c1-7-18(20-16-19(22)17-24-20)14-13-15-21(8-2,9-3)23-25(10-4,11-5)12-6/h14,16-17H,7-13,15H2,1-6H3/b18-14-. The first-order chi connectivity index (χ1) is 11.9. The fraction of sp³-hybridized carbons (Fsp3) is 0.714. The second kappa shape index (κ2) is 11.1. The number of rotatable bonds is 12. The van der Waals surface area contributed by atoms with Crippen LogP contribution in [0.5, 0.6) is 0 Å². The maximum atomic E-state index is 7.00. The molecular formula is C21H37BrOSSi. The Bertz CT molecular complexity index is 521. The Morgan fingerprint density at radius 2 is 1.72 bits per heavy atom. The van der Waals surface area contributed by atoms with Crippen LogP contribution in [-0.2, 0) is 4.43 Å². The minimum Gasteiger partial charge on any atom is -0.411 e. The summed E-state index contributed by atoms with van der Waals surface area (Å²) in [5, 5.41) is 2.17. The van der Waals surface area contributed by atoms with Crippen LogP contribution in [0.15, 0.2) is 22.0 Å². The zero-order chi connectivity index (χ0) is 18.9. The first-order valence-electron chi connectivity index (χ1n) is 10.1. The van der Waals surface area contributed by atoms with Crippen molar-refractivity contribution in [3.8, 4) is 0 Å². The van der Waals surface area contributed by atoms with Crippen molar-refractivity contribution in [1.82, 2.24) is 0 Å². The molecule has 1 rings (SSSR count). The van der Waals surface area contributed by atoms with Gasteiger partial charge in [0.1, 0.15) is 0 Å². The van der Waals surface area contributed by atoms with Crippen molar-refractivity contribution >= 4 is 41.2 Å². The number of halogens is 1. The first kappa shape index (κ1) is 23.1. The molecule has 0 atom stereocenters. The van der Waals surface area contributed by atoms with Gasteiger partial charge in [0.25, 0.3) is 0 Å². The van der Waals surface area contributed by atoms with E-state index in [1.807, 2.05) is 11.3 Å². The second-order valence-electron chi connectivity index (χ2n) is 6.99. The normalized spacial score (nSPS) is 13.5. The highest BCUT2D eigenvalue weighted by atomic mass is 79.9. The lowest BCUT2D eigenvalue weighted by molar-refractivity contribution is 0.0397. The van der Waals surface area contributed by atoms with E-state index in [-0.39, 0.29) is 5.60 Å². The zero-order valence-electron chi connectivity index (χ0n) is 17.1. The Morgan fingerprint density at radius 1 is 1.12 bits per heavy atom. The summed E-state index contributed by atoms with van der Waals surface area (Å²) in [6.45, 7) is 13.9. The molecule has 0 aromatic carbocycles. The Hall–Kier alpha value is 0.0969. The van der Waals surface area contributed by atoms with Gasteiger partial charge >= 0.3 is 0 Å². The molecule has 0 unspecified atom stereocenters. The molecule has 0 fully saturated rings. The summed E-state index contributed by atoms with van der Waals surface area (Å²) in [6.07, 6.45) is 8.05. The van der Waals surface area contributed by atoms with Crippen LogP contribution in [0.1, 0.15) is 78.5 Å². The molecule has 1 aromatic heterocycles. The van der Waals surface area contributed by atoms with Crippen LogP contribution in [0.25, 0.3) is 5.57 Å². The minimum atomic E-state index is -1.57. The van der Waals surface area contributed by atoms with E-state index in [0.29, 0.717) is 0 Å². The molecule has 0 radical (unpaired) electrons. The second-order valence-corrected chi connectivity index (χ2v) is 13.5. The van der Waals surface area contributed by atoms with Crippen molar-refractivity contribution in [1.29, 1.82) is 0 Å². The van der Waals surface area contributed by atoms with Crippen LogP contribution < -0.4 is 0 Å². The van der Waals surface area contributed by atoms with Crippen molar-refractivity contribution in [2.24, 2.45) is 0 Å². The highest BCUT2D eigenvalue weighted by Gasteiger charge is 2.38. The summed E-state index contributed by atoms with van der Waals surface area (Å²) in [5.41, 5.74) is 1.54. The lowest BCUT2D eigenvalue weighted by Gasteiger charge is -2.42. The predicted octanol–water partition coefficient (Wildman–Crippen LogP) is 8.66. The van der Waals surface area contributed by atoms with Crippen molar-refractivity contribution in [3.05, 3.63) is 26.9 Å². The van der Waals surface area contributed by atoms with Gasteiger partial charge in [-0.3, -0.25) is 0 Å². The van der Waals surface area contributed by atoms with E-state index in [4.69, 9.17) is 4.43 Å². The fourth-order valence-corrected chi connectivity index (χ4v) is 8.42. The van der Waals surface area contributed by atoms with E-state index in [9.17, 15) is 0 Å². The SMILES string of the molecule is CC/C(=C/CCC(CC)(CC)O[Si](CC)(CC)CC)c1cc(Br)cs1. The maximum absolute atomic E-state index is 7.00. The van der Waals surface area contributed by atoms with Gasteiger partial charge in [-0.25, -0.2) is 0 Å². The van der Waals surface area contributed by atoms with E-state index < -0.39 is 8.32 Å². The van der Waals surface area contributed by atoms with Gasteiger partial charge in [-0.2, -0.15) is 0 Å². The van der Waals surface area contributed by atoms with Gasteiger partial charge in [-0.05, 0) is 77.8 Å². The summed E-state index contributed by atoms with van der Waals surface area (Å²) in [6, 6.07) is 5.95. The predicted molar refractivity (Wildman–Crippen MR) is 121 cm³/mol. The van der Waals surface area contributed by atoms with Gasteiger partial charge in [0.2, 0.25) is 0 Å². The Morgan fingerprint density at radius 3 is 2.12 bits per heavy atom. The Labute approximate surface area is 169 Å². The van der Waals surface area contributed by atoms with E-state index in [2.05, 4.69) is 75.0 Å².